The van der Waals surface area contributed by atoms with Crippen LogP contribution in [0.25, 0.3) is 0 Å². The van der Waals surface area contributed by atoms with Gasteiger partial charge in [0.15, 0.2) is 5.76 Å². The van der Waals surface area contributed by atoms with Crippen molar-refractivity contribution in [3.05, 3.63) is 11.5 Å². The van der Waals surface area contributed by atoms with Crippen LogP contribution in [-0.2, 0) is 14.8 Å². The minimum atomic E-state index is -3.68. The first-order valence-corrected chi connectivity index (χ1v) is 11.2. The number of aryl methyl sites for hydroxylation is 2. The van der Waals surface area contributed by atoms with Gasteiger partial charge in [0.1, 0.15) is 10.6 Å². The summed E-state index contributed by atoms with van der Waals surface area (Å²) in [5.41, 5.74) is 6.71. The minimum Gasteiger partial charge on any atom is -0.360 e. The van der Waals surface area contributed by atoms with Crippen LogP contribution in [0.3, 0.4) is 0 Å². The van der Waals surface area contributed by atoms with Crippen LogP contribution in [0.5, 0.6) is 0 Å². The van der Waals surface area contributed by atoms with Gasteiger partial charge in [0.25, 0.3) is 0 Å². The Morgan fingerprint density at radius 2 is 1.86 bits per heavy atom. The summed E-state index contributed by atoms with van der Waals surface area (Å²) in [7, 11) is -3.68. The molecule has 2 saturated carbocycles. The standard InChI is InChI=1S/C18H28N4O4S.ClH/c1-11-17(12(2)26-20-11)27(24,25)22-7-3-6-21(8-9-22)18(23)15-13-4-5-14(10-13)16(15)19;/h13-16H,3-10,19H2,1-2H3;1H. The zero-order valence-corrected chi connectivity index (χ0v) is 18.0. The van der Waals surface area contributed by atoms with Gasteiger partial charge in [-0.25, -0.2) is 8.42 Å². The summed E-state index contributed by atoms with van der Waals surface area (Å²) in [6.45, 7) is 4.90. The summed E-state index contributed by atoms with van der Waals surface area (Å²) >= 11 is 0. The second-order valence-electron chi connectivity index (χ2n) is 8.17. The summed E-state index contributed by atoms with van der Waals surface area (Å²) in [4.78, 5) is 15.1. The van der Waals surface area contributed by atoms with E-state index in [0.29, 0.717) is 49.3 Å². The van der Waals surface area contributed by atoms with Crippen LogP contribution >= 0.6 is 12.4 Å². The van der Waals surface area contributed by atoms with Gasteiger partial charge in [-0.15, -0.1) is 12.4 Å². The number of rotatable bonds is 3. The van der Waals surface area contributed by atoms with Crippen molar-refractivity contribution in [3.63, 3.8) is 0 Å². The Morgan fingerprint density at radius 1 is 1.14 bits per heavy atom. The van der Waals surface area contributed by atoms with Crippen molar-refractivity contribution in [2.45, 2.75) is 50.5 Å². The quantitative estimate of drug-likeness (QED) is 0.771. The predicted octanol–water partition coefficient (Wildman–Crippen LogP) is 1.31. The van der Waals surface area contributed by atoms with Crippen molar-refractivity contribution in [1.82, 2.24) is 14.4 Å². The van der Waals surface area contributed by atoms with E-state index in [9.17, 15) is 13.2 Å². The van der Waals surface area contributed by atoms with Crippen molar-refractivity contribution in [1.29, 1.82) is 0 Å². The van der Waals surface area contributed by atoms with Gasteiger partial charge in [-0.05, 0) is 51.4 Å². The van der Waals surface area contributed by atoms with Gasteiger partial charge in [-0.2, -0.15) is 4.31 Å². The molecule has 0 spiro atoms. The van der Waals surface area contributed by atoms with Crippen molar-refractivity contribution < 1.29 is 17.7 Å². The van der Waals surface area contributed by atoms with Gasteiger partial charge >= 0.3 is 0 Å². The molecule has 2 heterocycles. The lowest BCUT2D eigenvalue weighted by Gasteiger charge is -2.32. The van der Waals surface area contributed by atoms with Crippen LogP contribution in [0.15, 0.2) is 9.42 Å². The monoisotopic (exact) mass is 432 g/mol. The number of nitrogens with two attached hydrogens (primary N) is 1. The fraction of sp³-hybridized carbons (Fsp3) is 0.778. The van der Waals surface area contributed by atoms with Crippen LogP contribution in [0.1, 0.15) is 37.1 Å². The molecule has 1 saturated heterocycles. The molecule has 3 aliphatic rings. The molecule has 1 amide bonds. The molecule has 8 nitrogen and oxygen atoms in total. The van der Waals surface area contributed by atoms with Crippen molar-refractivity contribution in [3.8, 4) is 0 Å². The fourth-order valence-corrected chi connectivity index (χ4v) is 7.00. The number of aromatic nitrogens is 1. The number of nitrogens with zero attached hydrogens (tertiary/aromatic N) is 3. The molecular formula is C18H29ClN4O4S. The average Bonchev–Trinajstić information content (AvgIpc) is 3.23. The first-order valence-electron chi connectivity index (χ1n) is 9.78. The average molecular weight is 433 g/mol. The first kappa shape index (κ1) is 21.5. The molecule has 28 heavy (non-hydrogen) atoms. The second-order valence-corrected chi connectivity index (χ2v) is 10.0. The topological polar surface area (TPSA) is 110 Å². The van der Waals surface area contributed by atoms with Gasteiger partial charge in [-0.3, -0.25) is 4.79 Å². The normalized spacial score (nSPS) is 30.9. The largest absolute Gasteiger partial charge is 0.360 e. The Kier molecular flexibility index (Phi) is 6.10. The van der Waals surface area contributed by atoms with Gasteiger partial charge in [0.2, 0.25) is 15.9 Å². The molecule has 2 N–H and O–H groups in total. The predicted molar refractivity (Wildman–Crippen MR) is 105 cm³/mol. The Bertz CT molecular complexity index is 821. The van der Waals surface area contributed by atoms with Crippen molar-refractivity contribution in [2.24, 2.45) is 23.5 Å². The highest BCUT2D eigenvalue weighted by Gasteiger charge is 2.50. The Labute approximate surface area is 172 Å². The number of carbonyl (C=O) groups is 1. The summed E-state index contributed by atoms with van der Waals surface area (Å²) in [5.74, 6) is 1.22. The lowest BCUT2D eigenvalue weighted by Crippen LogP contribution is -2.48. The highest BCUT2D eigenvalue weighted by atomic mass is 35.5. The molecular weight excluding hydrogens is 404 g/mol. The summed E-state index contributed by atoms with van der Waals surface area (Å²) in [6.07, 6.45) is 3.91. The molecule has 1 aromatic rings. The van der Waals surface area contributed by atoms with Crippen molar-refractivity contribution in [2.75, 3.05) is 26.2 Å². The van der Waals surface area contributed by atoms with E-state index in [-0.39, 0.29) is 41.7 Å². The number of sulfonamides is 1. The lowest BCUT2D eigenvalue weighted by atomic mass is 9.84. The zero-order valence-electron chi connectivity index (χ0n) is 16.3. The van der Waals surface area contributed by atoms with Crippen LogP contribution in [0.2, 0.25) is 0 Å². The molecule has 3 fully saturated rings. The van der Waals surface area contributed by atoms with Crippen LogP contribution in [0, 0.1) is 31.6 Å². The molecule has 10 heteroatoms. The maximum atomic E-state index is 13.1. The molecule has 2 bridgehead atoms. The molecule has 1 aromatic heterocycles. The highest BCUT2D eigenvalue weighted by Crippen LogP contribution is 2.48. The summed E-state index contributed by atoms with van der Waals surface area (Å²) in [5, 5.41) is 3.77. The molecule has 4 unspecified atom stereocenters. The third-order valence-corrected chi connectivity index (χ3v) is 8.74. The Hall–Kier alpha value is -1.16. The highest BCUT2D eigenvalue weighted by molar-refractivity contribution is 7.89. The minimum absolute atomic E-state index is 0. The SMILES string of the molecule is Cc1noc(C)c1S(=O)(=O)N1CCCN(C(=O)C2C3CCC(C3)C2N)CC1.Cl. The van der Waals surface area contributed by atoms with Crippen LogP contribution in [-0.4, -0.2) is 60.9 Å². The molecule has 4 rings (SSSR count). The van der Waals surface area contributed by atoms with E-state index >= 15 is 0 Å². The number of carbonyl (C=O) groups excluding carboxylic acids is 1. The van der Waals surface area contributed by atoms with Crippen LogP contribution in [0.4, 0.5) is 0 Å². The lowest BCUT2D eigenvalue weighted by molar-refractivity contribution is -0.137. The first-order chi connectivity index (χ1) is 12.8. The molecule has 0 aromatic carbocycles. The second kappa shape index (κ2) is 7.93. The number of halogens is 1. The van der Waals surface area contributed by atoms with E-state index < -0.39 is 10.0 Å². The van der Waals surface area contributed by atoms with E-state index in [1.165, 1.54) is 4.31 Å². The third kappa shape index (κ3) is 3.46. The van der Waals surface area contributed by atoms with Crippen molar-refractivity contribution >= 4 is 28.3 Å². The van der Waals surface area contributed by atoms with E-state index in [1.807, 2.05) is 4.90 Å². The number of amides is 1. The Morgan fingerprint density at radius 3 is 2.46 bits per heavy atom. The number of hydrogen-bond acceptors (Lipinski definition) is 6. The molecule has 158 valence electrons. The van der Waals surface area contributed by atoms with E-state index in [0.717, 1.165) is 19.3 Å². The van der Waals surface area contributed by atoms with E-state index in [1.54, 1.807) is 13.8 Å². The molecule has 4 atom stereocenters. The fourth-order valence-electron chi connectivity index (χ4n) is 5.24. The van der Waals surface area contributed by atoms with Gasteiger partial charge in [-0.1, -0.05) is 5.16 Å². The molecule has 2 aliphatic carbocycles. The van der Waals surface area contributed by atoms with Gasteiger partial charge in [0, 0.05) is 32.2 Å². The van der Waals surface area contributed by atoms with Crippen LogP contribution < -0.4 is 5.73 Å². The van der Waals surface area contributed by atoms with Gasteiger partial charge in [0.05, 0.1) is 5.92 Å². The molecule has 1 aliphatic heterocycles. The Balaban J connectivity index is 0.00000225. The smallest absolute Gasteiger partial charge is 0.248 e. The summed E-state index contributed by atoms with van der Waals surface area (Å²) in [6, 6.07) is -0.0401. The summed E-state index contributed by atoms with van der Waals surface area (Å²) < 4.78 is 32.6. The maximum absolute atomic E-state index is 13.1. The number of fused-ring (bicyclic) bond motifs is 2. The van der Waals surface area contributed by atoms with E-state index in [4.69, 9.17) is 10.3 Å². The maximum Gasteiger partial charge on any atom is 0.248 e. The zero-order chi connectivity index (χ0) is 19.3. The third-order valence-electron chi connectivity index (χ3n) is 6.60. The molecule has 0 radical (unpaired) electrons. The van der Waals surface area contributed by atoms with E-state index in [2.05, 4.69) is 5.16 Å². The number of hydrogen-bond donors (Lipinski definition) is 1. The van der Waals surface area contributed by atoms with Gasteiger partial charge < -0.3 is 15.2 Å².